The van der Waals surface area contributed by atoms with Crippen molar-refractivity contribution in [1.82, 2.24) is 0 Å². The van der Waals surface area contributed by atoms with Crippen LogP contribution >= 0.6 is 0 Å². The topological polar surface area (TPSA) is 97.5 Å². The number of anilines is 1. The van der Waals surface area contributed by atoms with Gasteiger partial charge in [-0.2, -0.15) is 0 Å². The van der Waals surface area contributed by atoms with Gasteiger partial charge in [0.1, 0.15) is 0 Å². The Kier molecular flexibility index (Phi) is 3.85. The Morgan fingerprint density at radius 3 is 2.21 bits per heavy atom. The third-order valence-corrected chi connectivity index (χ3v) is 6.43. The van der Waals surface area contributed by atoms with Crippen LogP contribution in [0.1, 0.15) is 5.56 Å². The Morgan fingerprint density at radius 2 is 1.58 bits per heavy atom. The molecule has 0 aromatic heterocycles. The van der Waals surface area contributed by atoms with Crippen molar-refractivity contribution in [3.63, 3.8) is 0 Å². The summed E-state index contributed by atoms with van der Waals surface area (Å²) in [5.41, 5.74) is 0.778. The number of benzene rings is 2. The van der Waals surface area contributed by atoms with Crippen LogP contribution in [0.3, 0.4) is 0 Å². The molecule has 0 spiro atoms. The molecule has 0 amide bonds. The number of halogens is 2. The van der Waals surface area contributed by atoms with Gasteiger partial charge < -0.3 is 0 Å². The molecule has 10 heteroatoms. The Hall–Kier alpha value is -2.04. The van der Waals surface area contributed by atoms with Gasteiger partial charge in [0, 0.05) is 6.54 Å². The number of primary sulfonamides is 1. The van der Waals surface area contributed by atoms with E-state index in [1.807, 2.05) is 0 Å². The fourth-order valence-corrected chi connectivity index (χ4v) is 4.62. The van der Waals surface area contributed by atoms with Crippen molar-refractivity contribution in [2.75, 3.05) is 10.8 Å². The summed E-state index contributed by atoms with van der Waals surface area (Å²) in [7, 11) is -7.99. The summed E-state index contributed by atoms with van der Waals surface area (Å²) in [6.07, 6.45) is 0.279. The number of nitrogens with zero attached hydrogens (tertiary/aromatic N) is 1. The van der Waals surface area contributed by atoms with Gasteiger partial charge in [-0.1, -0.05) is 0 Å². The SMILES string of the molecule is NS(=O)(=O)c1ccc2c(c1)CCN2S(=O)(=O)c1ccc(F)c(F)c1. The van der Waals surface area contributed by atoms with E-state index >= 15 is 0 Å². The number of nitrogens with two attached hydrogens (primary N) is 1. The highest BCUT2D eigenvalue weighted by atomic mass is 32.2. The second-order valence-corrected chi connectivity index (χ2v) is 8.66. The van der Waals surface area contributed by atoms with Gasteiger partial charge in [0.25, 0.3) is 10.0 Å². The highest BCUT2D eigenvalue weighted by molar-refractivity contribution is 7.92. The molecule has 2 N–H and O–H groups in total. The summed E-state index contributed by atoms with van der Waals surface area (Å²) in [5, 5.41) is 5.06. The average molecular weight is 374 g/mol. The second-order valence-electron chi connectivity index (χ2n) is 5.24. The summed E-state index contributed by atoms with van der Waals surface area (Å²) < 4.78 is 75.4. The van der Waals surface area contributed by atoms with Crippen LogP contribution in [0.2, 0.25) is 0 Å². The summed E-state index contributed by atoms with van der Waals surface area (Å²) in [6.45, 7) is 0.0603. The molecule has 128 valence electrons. The first kappa shape index (κ1) is 16.8. The Labute approximate surface area is 137 Å². The van der Waals surface area contributed by atoms with Crippen molar-refractivity contribution >= 4 is 25.7 Å². The van der Waals surface area contributed by atoms with Crippen LogP contribution in [0.25, 0.3) is 0 Å². The van der Waals surface area contributed by atoms with Crippen LogP contribution in [0.5, 0.6) is 0 Å². The number of rotatable bonds is 3. The van der Waals surface area contributed by atoms with Crippen LogP contribution in [0.15, 0.2) is 46.2 Å². The summed E-state index contributed by atoms with van der Waals surface area (Å²) in [4.78, 5) is -0.502. The molecule has 3 rings (SSSR count). The average Bonchev–Trinajstić information content (AvgIpc) is 2.92. The monoisotopic (exact) mass is 374 g/mol. The molecule has 0 saturated heterocycles. The van der Waals surface area contributed by atoms with E-state index in [4.69, 9.17) is 5.14 Å². The fourth-order valence-electron chi connectivity index (χ4n) is 2.54. The van der Waals surface area contributed by atoms with Crippen molar-refractivity contribution in [3.05, 3.63) is 53.6 Å². The molecule has 2 aromatic carbocycles. The van der Waals surface area contributed by atoms with Gasteiger partial charge in [0.05, 0.1) is 15.5 Å². The molecule has 6 nitrogen and oxygen atoms in total. The lowest BCUT2D eigenvalue weighted by Gasteiger charge is -2.19. The zero-order valence-corrected chi connectivity index (χ0v) is 13.7. The largest absolute Gasteiger partial charge is 0.266 e. The minimum Gasteiger partial charge on any atom is -0.266 e. The molecular formula is C14H12F2N2O4S2. The molecule has 24 heavy (non-hydrogen) atoms. The van der Waals surface area contributed by atoms with E-state index in [9.17, 15) is 25.6 Å². The molecule has 0 bridgehead atoms. The first-order chi connectivity index (χ1) is 11.1. The quantitative estimate of drug-likeness (QED) is 0.877. The maximum atomic E-state index is 13.3. The molecule has 0 fully saturated rings. The Balaban J connectivity index is 2.06. The number of sulfonamides is 2. The second kappa shape index (κ2) is 5.50. The zero-order chi connectivity index (χ0) is 17.7. The number of hydrogen-bond acceptors (Lipinski definition) is 4. The van der Waals surface area contributed by atoms with Gasteiger partial charge in [0.2, 0.25) is 10.0 Å². The number of fused-ring (bicyclic) bond motifs is 1. The highest BCUT2D eigenvalue weighted by Gasteiger charge is 2.32. The molecule has 1 aliphatic heterocycles. The zero-order valence-electron chi connectivity index (χ0n) is 12.1. The van der Waals surface area contributed by atoms with Gasteiger partial charge in [-0.3, -0.25) is 4.31 Å². The normalized spacial score (nSPS) is 14.7. The standard InChI is InChI=1S/C14H12F2N2O4S2/c15-12-3-1-11(8-13(12)16)24(21,22)18-6-5-9-7-10(23(17,19)20)2-4-14(9)18/h1-4,7-8H,5-6H2,(H2,17,19,20). The van der Waals surface area contributed by atoms with Gasteiger partial charge in [-0.25, -0.2) is 30.8 Å². The molecule has 1 heterocycles. The predicted octanol–water partition coefficient (Wildman–Crippen LogP) is 1.36. The van der Waals surface area contributed by atoms with E-state index in [2.05, 4.69) is 0 Å². The Bertz CT molecular complexity index is 1040. The van der Waals surface area contributed by atoms with Crippen molar-refractivity contribution in [1.29, 1.82) is 0 Å². The molecule has 0 saturated carbocycles. The first-order valence-corrected chi connectivity index (χ1v) is 9.73. The van der Waals surface area contributed by atoms with Crippen molar-refractivity contribution < 1.29 is 25.6 Å². The lowest BCUT2D eigenvalue weighted by atomic mass is 10.2. The fraction of sp³-hybridized carbons (Fsp3) is 0.143. The van der Waals surface area contributed by atoms with E-state index in [0.29, 0.717) is 11.6 Å². The van der Waals surface area contributed by atoms with Gasteiger partial charge in [0.15, 0.2) is 11.6 Å². The van der Waals surface area contributed by atoms with Crippen LogP contribution < -0.4 is 9.44 Å². The smallest absolute Gasteiger partial charge is 0.264 e. The first-order valence-electron chi connectivity index (χ1n) is 6.74. The molecule has 0 radical (unpaired) electrons. The highest BCUT2D eigenvalue weighted by Crippen LogP contribution is 2.34. The van der Waals surface area contributed by atoms with Gasteiger partial charge in [-0.05, 0) is 48.4 Å². The van der Waals surface area contributed by atoms with Gasteiger partial charge >= 0.3 is 0 Å². The molecule has 2 aromatic rings. The summed E-state index contributed by atoms with van der Waals surface area (Å²) >= 11 is 0. The number of hydrogen-bond donors (Lipinski definition) is 1. The lowest BCUT2D eigenvalue weighted by Crippen LogP contribution is -2.29. The molecule has 0 unspecified atom stereocenters. The van der Waals surface area contributed by atoms with Crippen LogP contribution in [-0.2, 0) is 26.5 Å². The molecule has 0 atom stereocenters. The van der Waals surface area contributed by atoms with Crippen LogP contribution in [-0.4, -0.2) is 23.4 Å². The van der Waals surface area contributed by atoms with Gasteiger partial charge in [-0.15, -0.1) is 0 Å². The van der Waals surface area contributed by atoms with Crippen LogP contribution in [0.4, 0.5) is 14.5 Å². The minimum absolute atomic E-state index is 0.0603. The van der Waals surface area contributed by atoms with E-state index in [0.717, 1.165) is 16.4 Å². The van der Waals surface area contributed by atoms with Crippen molar-refractivity contribution in [2.45, 2.75) is 16.2 Å². The third-order valence-electron chi connectivity index (χ3n) is 3.71. The molecule has 0 aliphatic carbocycles. The molecule has 1 aliphatic rings. The van der Waals surface area contributed by atoms with Crippen LogP contribution in [0, 0.1) is 11.6 Å². The van der Waals surface area contributed by atoms with Crippen molar-refractivity contribution in [2.24, 2.45) is 5.14 Å². The summed E-state index contributed by atoms with van der Waals surface area (Å²) in [6, 6.07) is 6.17. The maximum absolute atomic E-state index is 13.3. The predicted molar refractivity (Wildman–Crippen MR) is 82.4 cm³/mol. The Morgan fingerprint density at radius 1 is 0.917 bits per heavy atom. The molecular weight excluding hydrogens is 362 g/mol. The lowest BCUT2D eigenvalue weighted by molar-refractivity contribution is 0.504. The van der Waals surface area contributed by atoms with Crippen molar-refractivity contribution in [3.8, 4) is 0 Å². The van der Waals surface area contributed by atoms with E-state index in [-0.39, 0.29) is 28.4 Å². The van der Waals surface area contributed by atoms with E-state index < -0.39 is 31.7 Å². The minimum atomic E-state index is -4.09. The maximum Gasteiger partial charge on any atom is 0.264 e. The van der Waals surface area contributed by atoms with E-state index in [1.54, 1.807) is 0 Å². The summed E-state index contributed by atoms with van der Waals surface area (Å²) in [5.74, 6) is -2.41. The van der Waals surface area contributed by atoms with E-state index in [1.165, 1.54) is 18.2 Å². The third kappa shape index (κ3) is 2.76.